The van der Waals surface area contributed by atoms with Gasteiger partial charge in [-0.1, -0.05) is 18.2 Å². The van der Waals surface area contributed by atoms with Gasteiger partial charge in [-0.25, -0.2) is 0 Å². The van der Waals surface area contributed by atoms with Crippen LogP contribution in [0.1, 0.15) is 11.7 Å². The lowest BCUT2D eigenvalue weighted by Crippen LogP contribution is -2.11. The Morgan fingerprint density at radius 2 is 1.55 bits per heavy atom. The zero-order chi connectivity index (χ0) is 15.9. The zero-order valence-corrected chi connectivity index (χ0v) is 12.9. The molecule has 1 atom stereocenters. The van der Waals surface area contributed by atoms with Crippen molar-refractivity contribution in [3.05, 3.63) is 48.0 Å². The maximum Gasteiger partial charge on any atom is 0.203 e. The fourth-order valence-corrected chi connectivity index (χ4v) is 2.07. The van der Waals surface area contributed by atoms with Crippen LogP contribution in [-0.2, 0) is 0 Å². The van der Waals surface area contributed by atoms with E-state index >= 15 is 0 Å². The maximum absolute atomic E-state index is 10.3. The van der Waals surface area contributed by atoms with E-state index in [1.807, 2.05) is 24.3 Å². The summed E-state index contributed by atoms with van der Waals surface area (Å²) in [6.07, 6.45) is -0.787. The van der Waals surface area contributed by atoms with Crippen LogP contribution in [0.3, 0.4) is 0 Å². The second-order valence-electron chi connectivity index (χ2n) is 4.60. The summed E-state index contributed by atoms with van der Waals surface area (Å²) in [7, 11) is 4.70. The lowest BCUT2D eigenvalue weighted by atomic mass is 10.1. The third kappa shape index (κ3) is 3.62. The molecule has 0 aliphatic rings. The van der Waals surface area contributed by atoms with Crippen molar-refractivity contribution in [3.8, 4) is 23.0 Å². The summed E-state index contributed by atoms with van der Waals surface area (Å²) < 4.78 is 21.4. The van der Waals surface area contributed by atoms with Gasteiger partial charge >= 0.3 is 0 Å². The molecule has 0 aliphatic heterocycles. The molecule has 2 rings (SSSR count). The second-order valence-corrected chi connectivity index (χ2v) is 4.60. The van der Waals surface area contributed by atoms with Gasteiger partial charge in [-0.15, -0.1) is 0 Å². The highest BCUT2D eigenvalue weighted by Crippen LogP contribution is 2.37. The Balaban J connectivity index is 2.12. The molecule has 0 bridgehead atoms. The van der Waals surface area contributed by atoms with Gasteiger partial charge < -0.3 is 24.1 Å². The molecule has 0 saturated carbocycles. The minimum Gasteiger partial charge on any atom is -0.497 e. The molecular formula is C17H20O5. The summed E-state index contributed by atoms with van der Waals surface area (Å²) in [5.41, 5.74) is 0.716. The third-order valence-corrected chi connectivity index (χ3v) is 3.25. The summed E-state index contributed by atoms with van der Waals surface area (Å²) in [5, 5.41) is 10.3. The zero-order valence-electron chi connectivity index (χ0n) is 12.9. The molecule has 0 aromatic heterocycles. The molecule has 1 unspecified atom stereocenters. The summed E-state index contributed by atoms with van der Waals surface area (Å²) in [5.74, 6) is 2.26. The highest BCUT2D eigenvalue weighted by Gasteiger charge is 2.15. The Kier molecular flexibility index (Phi) is 5.49. The smallest absolute Gasteiger partial charge is 0.203 e. The number of ether oxygens (including phenoxy) is 4. The standard InChI is InChI=1S/C17H20O5/c1-19-13-7-4-6-12(10-13)14(18)11-22-17-15(20-2)8-5-9-16(17)21-3/h4-10,14,18H,11H2,1-3H3. The van der Waals surface area contributed by atoms with E-state index in [1.165, 1.54) is 0 Å². The summed E-state index contributed by atoms with van der Waals surface area (Å²) in [6.45, 7) is 0.0733. The fraction of sp³-hybridized carbons (Fsp3) is 0.294. The number of aliphatic hydroxyl groups excluding tert-OH is 1. The largest absolute Gasteiger partial charge is 0.497 e. The molecule has 1 N–H and O–H groups in total. The molecule has 0 radical (unpaired) electrons. The van der Waals surface area contributed by atoms with Crippen LogP contribution < -0.4 is 18.9 Å². The first-order chi connectivity index (χ1) is 10.7. The predicted molar refractivity (Wildman–Crippen MR) is 83.0 cm³/mol. The maximum atomic E-state index is 10.3. The van der Waals surface area contributed by atoms with Crippen LogP contribution in [-0.4, -0.2) is 33.0 Å². The first-order valence-corrected chi connectivity index (χ1v) is 6.85. The highest BCUT2D eigenvalue weighted by atomic mass is 16.5. The molecule has 0 saturated heterocycles. The van der Waals surface area contributed by atoms with Gasteiger partial charge in [0.1, 0.15) is 18.5 Å². The monoisotopic (exact) mass is 304 g/mol. The number of hydrogen-bond acceptors (Lipinski definition) is 5. The van der Waals surface area contributed by atoms with Crippen LogP contribution >= 0.6 is 0 Å². The van der Waals surface area contributed by atoms with Crippen molar-refractivity contribution in [1.82, 2.24) is 0 Å². The van der Waals surface area contributed by atoms with Crippen molar-refractivity contribution in [1.29, 1.82) is 0 Å². The van der Waals surface area contributed by atoms with Crippen LogP contribution in [0.25, 0.3) is 0 Å². The van der Waals surface area contributed by atoms with Gasteiger partial charge in [-0.3, -0.25) is 0 Å². The van der Waals surface area contributed by atoms with Crippen LogP contribution in [0.5, 0.6) is 23.0 Å². The Morgan fingerprint density at radius 3 is 2.14 bits per heavy atom. The highest BCUT2D eigenvalue weighted by molar-refractivity contribution is 5.51. The van der Waals surface area contributed by atoms with E-state index in [-0.39, 0.29) is 6.61 Å². The van der Waals surface area contributed by atoms with Crippen LogP contribution in [0.15, 0.2) is 42.5 Å². The molecule has 0 fully saturated rings. The van der Waals surface area contributed by atoms with E-state index in [0.29, 0.717) is 28.6 Å². The van der Waals surface area contributed by atoms with E-state index in [0.717, 1.165) is 0 Å². The van der Waals surface area contributed by atoms with Gasteiger partial charge in [0.2, 0.25) is 5.75 Å². The number of benzene rings is 2. The molecule has 5 heteroatoms. The molecule has 0 amide bonds. The molecule has 0 heterocycles. The fourth-order valence-electron chi connectivity index (χ4n) is 2.07. The first kappa shape index (κ1) is 16.0. The Hall–Kier alpha value is -2.40. The van der Waals surface area contributed by atoms with Gasteiger partial charge in [0.05, 0.1) is 21.3 Å². The number of methoxy groups -OCH3 is 3. The number of hydrogen-bond donors (Lipinski definition) is 1. The van der Waals surface area contributed by atoms with Gasteiger partial charge in [0.25, 0.3) is 0 Å². The quantitative estimate of drug-likeness (QED) is 0.852. The Labute approximate surface area is 130 Å². The first-order valence-electron chi connectivity index (χ1n) is 6.85. The minimum absolute atomic E-state index is 0.0733. The molecule has 0 spiro atoms. The molecule has 5 nitrogen and oxygen atoms in total. The lowest BCUT2D eigenvalue weighted by Gasteiger charge is -2.17. The van der Waals surface area contributed by atoms with Gasteiger partial charge in [-0.2, -0.15) is 0 Å². The van der Waals surface area contributed by atoms with Crippen LogP contribution in [0, 0.1) is 0 Å². The molecule has 0 aliphatic carbocycles. The van der Waals surface area contributed by atoms with Crippen LogP contribution in [0.2, 0.25) is 0 Å². The number of rotatable bonds is 7. The van der Waals surface area contributed by atoms with Gasteiger partial charge in [0.15, 0.2) is 11.5 Å². The van der Waals surface area contributed by atoms with E-state index < -0.39 is 6.10 Å². The molecule has 2 aromatic carbocycles. The average molecular weight is 304 g/mol. The van der Waals surface area contributed by atoms with E-state index in [2.05, 4.69) is 0 Å². The number of para-hydroxylation sites is 1. The Bertz CT molecular complexity index is 589. The number of aliphatic hydroxyl groups is 1. The van der Waals surface area contributed by atoms with Crippen molar-refractivity contribution in [2.75, 3.05) is 27.9 Å². The third-order valence-electron chi connectivity index (χ3n) is 3.25. The van der Waals surface area contributed by atoms with Crippen molar-refractivity contribution in [3.63, 3.8) is 0 Å². The topological polar surface area (TPSA) is 57.2 Å². The van der Waals surface area contributed by atoms with Crippen molar-refractivity contribution in [2.24, 2.45) is 0 Å². The normalized spacial score (nSPS) is 11.6. The second kappa shape index (κ2) is 7.56. The summed E-state index contributed by atoms with van der Waals surface area (Å²) >= 11 is 0. The molecule has 118 valence electrons. The average Bonchev–Trinajstić information content (AvgIpc) is 2.59. The van der Waals surface area contributed by atoms with Gasteiger partial charge in [-0.05, 0) is 29.8 Å². The van der Waals surface area contributed by atoms with Crippen molar-refractivity contribution < 1.29 is 24.1 Å². The Morgan fingerprint density at radius 1 is 0.909 bits per heavy atom. The summed E-state index contributed by atoms with van der Waals surface area (Å²) in [6, 6.07) is 12.6. The minimum atomic E-state index is -0.787. The molecule has 2 aromatic rings. The van der Waals surface area contributed by atoms with E-state index in [1.54, 1.807) is 39.5 Å². The lowest BCUT2D eigenvalue weighted by molar-refractivity contribution is 0.104. The van der Waals surface area contributed by atoms with Crippen molar-refractivity contribution >= 4 is 0 Å². The van der Waals surface area contributed by atoms with Crippen molar-refractivity contribution in [2.45, 2.75) is 6.10 Å². The predicted octanol–water partition coefficient (Wildman–Crippen LogP) is 2.82. The summed E-state index contributed by atoms with van der Waals surface area (Å²) in [4.78, 5) is 0. The van der Waals surface area contributed by atoms with E-state index in [9.17, 15) is 5.11 Å². The van der Waals surface area contributed by atoms with Gasteiger partial charge in [0, 0.05) is 0 Å². The SMILES string of the molecule is COc1cccc(C(O)COc2c(OC)cccc2OC)c1. The van der Waals surface area contributed by atoms with E-state index in [4.69, 9.17) is 18.9 Å². The molecule has 22 heavy (non-hydrogen) atoms. The molecular weight excluding hydrogens is 284 g/mol. The van der Waals surface area contributed by atoms with Crippen LogP contribution in [0.4, 0.5) is 0 Å².